The Kier molecular flexibility index (Phi) is 990. The van der Waals surface area contributed by atoms with Gasteiger partial charge in [0.2, 0.25) is 0 Å². The van der Waals surface area contributed by atoms with Crippen LogP contribution >= 0.6 is 0 Å². The van der Waals surface area contributed by atoms with Gasteiger partial charge in [0.05, 0.1) is 0 Å². The third-order valence-corrected chi connectivity index (χ3v) is 0. The maximum absolute atomic E-state index is 0. The van der Waals surface area contributed by atoms with Crippen molar-refractivity contribution in [2.24, 2.45) is 0 Å². The summed E-state index contributed by atoms with van der Waals surface area (Å²) in [4.78, 5) is 0. The van der Waals surface area contributed by atoms with E-state index in [9.17, 15) is 0 Å². The van der Waals surface area contributed by atoms with Crippen LogP contribution in [-0.2, 0) is 0 Å². The molecule has 6 heteroatoms. The molecule has 0 aliphatic carbocycles. The van der Waals surface area contributed by atoms with E-state index in [1.54, 1.807) is 0 Å². The van der Waals surface area contributed by atoms with Crippen LogP contribution in [0, 0.1) is 0 Å². The molecule has 0 saturated heterocycles. The van der Waals surface area contributed by atoms with Crippen LogP contribution in [0.3, 0.4) is 0 Å². The van der Waals surface area contributed by atoms with Gasteiger partial charge >= 0.3 is 69.3 Å². The molecular weight excluding hydrogens is 178 g/mol. The molecule has 0 aromatic heterocycles. The van der Waals surface area contributed by atoms with Crippen molar-refractivity contribution < 1.29 is 73.3 Å². The third-order valence-electron chi connectivity index (χ3n) is 0. The minimum Gasteiger partial charge on any atom is -0.870 e. The van der Waals surface area contributed by atoms with E-state index >= 15 is 0 Å². The van der Waals surface area contributed by atoms with Gasteiger partial charge in [0.1, 0.15) is 0 Å². The van der Waals surface area contributed by atoms with E-state index in [1.165, 1.54) is 0 Å². The summed E-state index contributed by atoms with van der Waals surface area (Å²) < 4.78 is 0. The van der Waals surface area contributed by atoms with Crippen molar-refractivity contribution in [1.82, 2.24) is 0 Å². The Morgan fingerprint density at radius 2 is 0.667 bits per heavy atom. The van der Waals surface area contributed by atoms with Crippen LogP contribution in [0.25, 0.3) is 0 Å². The zero-order valence-electron chi connectivity index (χ0n) is 3.65. The fourth-order valence-electron chi connectivity index (χ4n) is 0. The predicted octanol–water partition coefficient (Wildman–Crippen LogP) is -6.83. The van der Waals surface area contributed by atoms with E-state index in [0.29, 0.717) is 0 Å². The van der Waals surface area contributed by atoms with Crippen molar-refractivity contribution in [3.8, 4) is 0 Å². The Hall–Kier alpha value is 2.03. The van der Waals surface area contributed by atoms with Gasteiger partial charge in [-0.2, -0.15) is 0 Å². The second kappa shape index (κ2) is 61.9. The summed E-state index contributed by atoms with van der Waals surface area (Å²) >= 11 is 0. The van der Waals surface area contributed by atoms with Gasteiger partial charge in [-0.1, -0.05) is 0 Å². The quantitative estimate of drug-likeness (QED) is 0.344. The molecule has 1 unspecified atom stereocenters. The molecule has 0 bridgehead atoms. The van der Waals surface area contributed by atoms with Gasteiger partial charge in [0, 0.05) is 0 Å². The van der Waals surface area contributed by atoms with Crippen LogP contribution in [0.2, 0.25) is 0 Å². The SMILES string of the molecule is O.O.O.[AsH3].[K+].[OH-]. The Balaban J connectivity index is 0. The van der Waals surface area contributed by atoms with E-state index in [1.807, 2.05) is 0 Å². The molecule has 4 nitrogen and oxygen atoms in total. The molecule has 0 aromatic carbocycles. The summed E-state index contributed by atoms with van der Waals surface area (Å²) in [6.07, 6.45) is 0. The molecule has 6 heavy (non-hydrogen) atoms. The van der Waals surface area contributed by atoms with E-state index in [4.69, 9.17) is 0 Å². The minimum atomic E-state index is 0. The average Bonchev–Trinajstić information content (AvgIpc) is 0. The Morgan fingerprint density at radius 1 is 0.667 bits per heavy atom. The Labute approximate surface area is 89.7 Å². The molecule has 0 aliphatic heterocycles. The topological polar surface area (TPSA) is 124 Å². The second-order valence-electron chi connectivity index (χ2n) is 0. The van der Waals surface area contributed by atoms with Crippen molar-refractivity contribution in [2.75, 3.05) is 0 Å². The summed E-state index contributed by atoms with van der Waals surface area (Å²) in [6.45, 7) is 0. The van der Waals surface area contributed by atoms with Gasteiger partial charge in [-0.15, -0.1) is 0 Å². The van der Waals surface area contributed by atoms with Gasteiger partial charge in [-0.3, -0.25) is 0 Å². The average molecular weight is 188 g/mol. The molecule has 0 heterocycles. The van der Waals surface area contributed by atoms with Crippen LogP contribution in [0.4, 0.5) is 0 Å². The molecule has 0 aromatic rings. The molecule has 40 valence electrons. The number of hydrogen-bond acceptors (Lipinski definition) is 1. The van der Waals surface area contributed by atoms with Crippen LogP contribution in [0.5, 0.6) is 0 Å². The number of rotatable bonds is 0. The summed E-state index contributed by atoms with van der Waals surface area (Å²) in [5.41, 5.74) is 0. The summed E-state index contributed by atoms with van der Waals surface area (Å²) in [6, 6.07) is 0. The second-order valence-corrected chi connectivity index (χ2v) is 0. The fourth-order valence-corrected chi connectivity index (χ4v) is 0. The van der Waals surface area contributed by atoms with Crippen molar-refractivity contribution in [3.05, 3.63) is 0 Å². The fraction of sp³-hybridized carbons (Fsp3) is 0. The van der Waals surface area contributed by atoms with Crippen molar-refractivity contribution in [1.29, 1.82) is 0 Å². The van der Waals surface area contributed by atoms with Crippen LogP contribution in [-0.4, -0.2) is 39.9 Å². The Morgan fingerprint density at radius 3 is 0.667 bits per heavy atom. The summed E-state index contributed by atoms with van der Waals surface area (Å²) in [5, 5.41) is 0. The van der Waals surface area contributed by atoms with Gasteiger partial charge in [-0.05, 0) is 0 Å². The molecule has 0 radical (unpaired) electrons. The first-order valence-electron chi connectivity index (χ1n) is 0. The van der Waals surface area contributed by atoms with Crippen LogP contribution < -0.4 is 51.4 Å². The van der Waals surface area contributed by atoms with Crippen LogP contribution in [0.1, 0.15) is 0 Å². The Bertz CT molecular complexity index is 7.51. The maximum atomic E-state index is 0. The smallest absolute Gasteiger partial charge is 0.870 e. The molecule has 0 aliphatic rings. The minimum absolute atomic E-state index is 0. The third kappa shape index (κ3) is 36.9. The van der Waals surface area contributed by atoms with Gasteiger partial charge in [-0.25, -0.2) is 0 Å². The molecule has 7 N–H and O–H groups in total. The normalized spacial score (nSPS) is 0. The van der Waals surface area contributed by atoms with Gasteiger partial charge < -0.3 is 21.9 Å². The summed E-state index contributed by atoms with van der Waals surface area (Å²) in [7, 11) is 0. The van der Waals surface area contributed by atoms with Crippen molar-refractivity contribution in [3.63, 3.8) is 0 Å². The van der Waals surface area contributed by atoms with Crippen LogP contribution in [0.15, 0.2) is 0 Å². The maximum Gasteiger partial charge on any atom is 1.00 e. The molecule has 1 atom stereocenters. The van der Waals surface area contributed by atoms with E-state index in [2.05, 4.69) is 0 Å². The zero-order chi connectivity index (χ0) is 0. The standard InChI is InChI=1S/AsH3.K.4H2O/h1H3;;4*1H2/q;+1;;;;/p-1. The van der Waals surface area contributed by atoms with E-state index in [-0.39, 0.29) is 91.2 Å². The predicted molar refractivity (Wildman–Crippen MR) is 22.7 cm³/mol. The molecular formula is H10AsKO4. The molecule has 0 saturated carbocycles. The molecule has 0 fully saturated rings. The molecule has 0 rings (SSSR count). The zero-order valence-corrected chi connectivity index (χ0v) is 9.74. The van der Waals surface area contributed by atoms with Gasteiger partial charge in [0.25, 0.3) is 0 Å². The molecule has 0 amide bonds. The first-order chi connectivity index (χ1) is 0. The van der Waals surface area contributed by atoms with Gasteiger partial charge in [0.15, 0.2) is 0 Å². The first-order valence-corrected chi connectivity index (χ1v) is 0. The number of hydrogen-bond donors (Lipinski definition) is 0. The molecule has 0 spiro atoms. The summed E-state index contributed by atoms with van der Waals surface area (Å²) in [5.74, 6) is 0. The monoisotopic (exact) mass is 188 g/mol. The largest absolute Gasteiger partial charge is 1.00 e. The van der Waals surface area contributed by atoms with Crippen molar-refractivity contribution in [2.45, 2.75) is 0 Å². The first kappa shape index (κ1) is 96.0. The van der Waals surface area contributed by atoms with Crippen molar-refractivity contribution >= 4 is 18.0 Å². The van der Waals surface area contributed by atoms with E-state index in [0.717, 1.165) is 0 Å². The van der Waals surface area contributed by atoms with E-state index < -0.39 is 0 Å².